The van der Waals surface area contributed by atoms with Gasteiger partial charge in [-0.05, 0) is 43.2 Å². The maximum atomic E-state index is 12.1. The molecule has 5 heteroatoms. The molecule has 0 aliphatic heterocycles. The lowest BCUT2D eigenvalue weighted by molar-refractivity contribution is -0.0233. The van der Waals surface area contributed by atoms with Crippen molar-refractivity contribution in [1.82, 2.24) is 10.3 Å². The van der Waals surface area contributed by atoms with Crippen LogP contribution in [-0.4, -0.2) is 28.1 Å². The number of nitrogens with two attached hydrogens (primary N) is 1. The summed E-state index contributed by atoms with van der Waals surface area (Å²) in [7, 11) is 0. The van der Waals surface area contributed by atoms with Gasteiger partial charge in [-0.3, -0.25) is 9.78 Å². The molecule has 21 heavy (non-hydrogen) atoms. The van der Waals surface area contributed by atoms with Crippen LogP contribution in [0.15, 0.2) is 18.3 Å². The summed E-state index contributed by atoms with van der Waals surface area (Å²) in [6, 6.07) is 3.34. The van der Waals surface area contributed by atoms with Gasteiger partial charge in [-0.15, -0.1) is 0 Å². The first-order valence-corrected chi connectivity index (χ1v) is 7.49. The van der Waals surface area contributed by atoms with Crippen LogP contribution >= 0.6 is 0 Å². The van der Waals surface area contributed by atoms with Crippen LogP contribution in [0.4, 0.5) is 0 Å². The van der Waals surface area contributed by atoms with E-state index >= 15 is 0 Å². The molecule has 0 spiro atoms. The first kappa shape index (κ1) is 15.9. The van der Waals surface area contributed by atoms with Crippen molar-refractivity contribution < 1.29 is 9.90 Å². The highest BCUT2D eigenvalue weighted by Gasteiger charge is 2.36. The molecule has 5 nitrogen and oxygen atoms in total. The number of carbonyl (C=O) groups excluding carboxylic acids is 1. The first-order chi connectivity index (χ1) is 9.84. The van der Waals surface area contributed by atoms with E-state index < -0.39 is 5.60 Å². The smallest absolute Gasteiger partial charge is 0.251 e. The van der Waals surface area contributed by atoms with Crippen molar-refractivity contribution in [3.63, 3.8) is 0 Å². The number of aliphatic hydroxyl groups is 1. The number of rotatable bonds is 4. The maximum Gasteiger partial charge on any atom is 0.251 e. The Morgan fingerprint density at radius 2 is 2.05 bits per heavy atom. The topological polar surface area (TPSA) is 88.2 Å². The second kappa shape index (κ2) is 6.12. The van der Waals surface area contributed by atoms with Crippen molar-refractivity contribution in [2.24, 2.45) is 11.1 Å². The third kappa shape index (κ3) is 4.25. The fraction of sp³-hybridized carbons (Fsp3) is 0.625. The molecular weight excluding hydrogens is 266 g/mol. The molecule has 1 aliphatic rings. The maximum absolute atomic E-state index is 12.1. The van der Waals surface area contributed by atoms with Crippen LogP contribution in [0.1, 0.15) is 55.6 Å². The van der Waals surface area contributed by atoms with Gasteiger partial charge in [-0.1, -0.05) is 13.8 Å². The molecule has 1 aromatic rings. The Labute approximate surface area is 126 Å². The quantitative estimate of drug-likeness (QED) is 0.786. The van der Waals surface area contributed by atoms with E-state index in [4.69, 9.17) is 5.73 Å². The predicted octanol–water partition coefficient (Wildman–Crippen LogP) is 1.60. The minimum atomic E-state index is -0.783. The van der Waals surface area contributed by atoms with Crippen molar-refractivity contribution >= 4 is 5.91 Å². The lowest BCUT2D eigenvalue weighted by Crippen LogP contribution is -2.46. The minimum absolute atomic E-state index is 0.189. The van der Waals surface area contributed by atoms with Gasteiger partial charge in [0.25, 0.3) is 5.91 Å². The standard InChI is InChI=1S/C16H25N3O2/c1-15(2)4-6-16(21,7-5-15)11-19-14(20)12-3-8-18-13(9-12)10-17/h3,8-9,21H,4-7,10-11,17H2,1-2H3,(H,19,20). The van der Waals surface area contributed by atoms with Crippen LogP contribution in [0.3, 0.4) is 0 Å². The lowest BCUT2D eigenvalue weighted by atomic mass is 9.71. The highest BCUT2D eigenvalue weighted by molar-refractivity contribution is 5.94. The van der Waals surface area contributed by atoms with E-state index in [1.165, 1.54) is 0 Å². The molecule has 1 aromatic heterocycles. The Balaban J connectivity index is 1.92. The molecule has 1 aliphatic carbocycles. The fourth-order valence-electron chi connectivity index (χ4n) is 2.65. The van der Waals surface area contributed by atoms with Gasteiger partial charge in [0.15, 0.2) is 0 Å². The van der Waals surface area contributed by atoms with Crippen molar-refractivity contribution in [1.29, 1.82) is 0 Å². The van der Waals surface area contributed by atoms with Crippen molar-refractivity contribution in [2.45, 2.75) is 51.7 Å². The molecule has 1 heterocycles. The molecule has 2 rings (SSSR count). The van der Waals surface area contributed by atoms with Crippen molar-refractivity contribution in [3.8, 4) is 0 Å². The molecule has 1 saturated carbocycles. The molecule has 0 radical (unpaired) electrons. The summed E-state index contributed by atoms with van der Waals surface area (Å²) in [5.74, 6) is -0.189. The normalized spacial score (nSPS) is 20.0. The Morgan fingerprint density at radius 3 is 2.67 bits per heavy atom. The Hall–Kier alpha value is -1.46. The van der Waals surface area contributed by atoms with Gasteiger partial charge in [0, 0.05) is 24.8 Å². The summed E-state index contributed by atoms with van der Waals surface area (Å²) in [5, 5.41) is 13.4. The van der Waals surface area contributed by atoms with E-state index in [1.807, 2.05) is 0 Å². The van der Waals surface area contributed by atoms with Gasteiger partial charge < -0.3 is 16.2 Å². The van der Waals surface area contributed by atoms with Crippen LogP contribution in [0.5, 0.6) is 0 Å². The molecular formula is C16H25N3O2. The summed E-state index contributed by atoms with van der Waals surface area (Å²) < 4.78 is 0. The minimum Gasteiger partial charge on any atom is -0.388 e. The third-order valence-corrected chi connectivity index (χ3v) is 4.40. The molecule has 116 valence electrons. The molecule has 0 unspecified atom stereocenters. The van der Waals surface area contributed by atoms with Gasteiger partial charge in [-0.25, -0.2) is 0 Å². The average molecular weight is 291 g/mol. The summed E-state index contributed by atoms with van der Waals surface area (Å²) >= 11 is 0. The number of hydrogen-bond donors (Lipinski definition) is 3. The average Bonchev–Trinajstić information content (AvgIpc) is 2.48. The number of carbonyl (C=O) groups is 1. The molecule has 0 atom stereocenters. The summed E-state index contributed by atoms with van der Waals surface area (Å²) in [5.41, 5.74) is 6.24. The lowest BCUT2D eigenvalue weighted by Gasteiger charge is -2.40. The number of amides is 1. The number of pyridine rings is 1. The van der Waals surface area contributed by atoms with E-state index in [0.29, 0.717) is 24.3 Å². The molecule has 1 fully saturated rings. The largest absolute Gasteiger partial charge is 0.388 e. The van der Waals surface area contributed by atoms with Crippen LogP contribution in [-0.2, 0) is 6.54 Å². The Morgan fingerprint density at radius 1 is 1.38 bits per heavy atom. The van der Waals surface area contributed by atoms with Crippen LogP contribution in [0.25, 0.3) is 0 Å². The number of aromatic nitrogens is 1. The molecule has 1 amide bonds. The van der Waals surface area contributed by atoms with Crippen molar-refractivity contribution in [3.05, 3.63) is 29.6 Å². The highest BCUT2D eigenvalue weighted by atomic mass is 16.3. The van der Waals surface area contributed by atoms with E-state index in [0.717, 1.165) is 25.7 Å². The van der Waals surface area contributed by atoms with Gasteiger partial charge in [-0.2, -0.15) is 0 Å². The zero-order chi connectivity index (χ0) is 15.5. The fourth-order valence-corrected chi connectivity index (χ4v) is 2.65. The van der Waals surface area contributed by atoms with Crippen LogP contribution in [0.2, 0.25) is 0 Å². The Kier molecular flexibility index (Phi) is 4.64. The molecule has 4 N–H and O–H groups in total. The van der Waals surface area contributed by atoms with E-state index in [1.54, 1.807) is 18.3 Å². The summed E-state index contributed by atoms with van der Waals surface area (Å²) in [6.07, 6.45) is 4.99. The van der Waals surface area contributed by atoms with E-state index in [-0.39, 0.29) is 11.3 Å². The second-order valence-electron chi connectivity index (χ2n) is 6.81. The second-order valence-corrected chi connectivity index (χ2v) is 6.81. The van der Waals surface area contributed by atoms with Crippen LogP contribution < -0.4 is 11.1 Å². The molecule has 0 saturated heterocycles. The predicted molar refractivity (Wildman–Crippen MR) is 81.7 cm³/mol. The van der Waals surface area contributed by atoms with Gasteiger partial charge in [0.2, 0.25) is 0 Å². The number of nitrogens with zero attached hydrogens (tertiary/aromatic N) is 1. The SMILES string of the molecule is CC1(C)CCC(O)(CNC(=O)c2ccnc(CN)c2)CC1. The van der Waals surface area contributed by atoms with Gasteiger partial charge >= 0.3 is 0 Å². The van der Waals surface area contributed by atoms with Crippen LogP contribution in [0, 0.1) is 5.41 Å². The zero-order valence-corrected chi connectivity index (χ0v) is 12.9. The van der Waals surface area contributed by atoms with Crippen molar-refractivity contribution in [2.75, 3.05) is 6.54 Å². The van der Waals surface area contributed by atoms with Gasteiger partial charge in [0.05, 0.1) is 11.3 Å². The van der Waals surface area contributed by atoms with E-state index in [2.05, 4.69) is 24.1 Å². The number of hydrogen-bond acceptors (Lipinski definition) is 4. The highest BCUT2D eigenvalue weighted by Crippen LogP contribution is 2.39. The summed E-state index contributed by atoms with van der Waals surface area (Å²) in [4.78, 5) is 16.2. The monoisotopic (exact) mass is 291 g/mol. The molecule has 0 bridgehead atoms. The number of nitrogens with one attached hydrogen (secondary N) is 1. The van der Waals surface area contributed by atoms with Gasteiger partial charge in [0.1, 0.15) is 0 Å². The van der Waals surface area contributed by atoms with E-state index in [9.17, 15) is 9.90 Å². The Bertz CT molecular complexity index is 504. The third-order valence-electron chi connectivity index (χ3n) is 4.40. The summed E-state index contributed by atoms with van der Waals surface area (Å²) in [6.45, 7) is 5.04. The zero-order valence-electron chi connectivity index (χ0n) is 12.9. The molecule has 0 aromatic carbocycles. The first-order valence-electron chi connectivity index (χ1n) is 7.49.